The highest BCUT2D eigenvalue weighted by atomic mass is 14.7. The third-order valence-electron chi connectivity index (χ3n) is 3.99. The van der Waals surface area contributed by atoms with Crippen molar-refractivity contribution in [2.75, 3.05) is 0 Å². The van der Waals surface area contributed by atoms with Crippen molar-refractivity contribution in [3.63, 3.8) is 0 Å². The lowest BCUT2D eigenvalue weighted by molar-refractivity contribution is 0.0860. The Hall–Kier alpha value is -1.33. The maximum absolute atomic E-state index is 9.55. The van der Waals surface area contributed by atoms with E-state index in [1.54, 1.807) is 0 Å². The lowest BCUT2D eigenvalue weighted by atomic mass is 9.57. The molecule has 2 unspecified atom stereocenters. The highest BCUT2D eigenvalue weighted by Crippen LogP contribution is 2.51. The van der Waals surface area contributed by atoms with E-state index < -0.39 is 0 Å². The SMILES string of the molecule is C=CCC1(C#N)CC(N)CC(CC=C)(CC=C)C1. The molecule has 1 aliphatic rings. The van der Waals surface area contributed by atoms with Crippen LogP contribution in [-0.2, 0) is 0 Å². The molecule has 0 aromatic rings. The Balaban J connectivity index is 3.05. The molecule has 2 N–H and O–H groups in total. The van der Waals surface area contributed by atoms with Crippen LogP contribution in [0.25, 0.3) is 0 Å². The van der Waals surface area contributed by atoms with Gasteiger partial charge in [-0.15, -0.1) is 19.7 Å². The summed E-state index contributed by atoms with van der Waals surface area (Å²) in [6, 6.07) is 2.58. The molecule has 0 aliphatic heterocycles. The average Bonchev–Trinajstić information content (AvgIpc) is 2.29. The van der Waals surface area contributed by atoms with Gasteiger partial charge >= 0.3 is 0 Å². The third-order valence-corrected chi connectivity index (χ3v) is 3.99. The van der Waals surface area contributed by atoms with Gasteiger partial charge in [0.05, 0.1) is 11.5 Å². The molecule has 2 nitrogen and oxygen atoms in total. The Morgan fingerprint density at radius 3 is 2.11 bits per heavy atom. The molecular weight excluding hydrogens is 220 g/mol. The second-order valence-corrected chi connectivity index (χ2v) is 5.72. The van der Waals surface area contributed by atoms with Gasteiger partial charge in [-0.2, -0.15) is 5.26 Å². The van der Waals surface area contributed by atoms with Crippen molar-refractivity contribution in [1.29, 1.82) is 5.26 Å². The van der Waals surface area contributed by atoms with Crippen LogP contribution in [0.1, 0.15) is 38.5 Å². The zero-order valence-corrected chi connectivity index (χ0v) is 11.2. The first-order valence-corrected chi connectivity index (χ1v) is 6.55. The molecule has 1 fully saturated rings. The van der Waals surface area contributed by atoms with E-state index in [-0.39, 0.29) is 16.9 Å². The molecule has 0 amide bonds. The van der Waals surface area contributed by atoms with Gasteiger partial charge in [-0.05, 0) is 43.9 Å². The number of hydrogen-bond acceptors (Lipinski definition) is 2. The lowest BCUT2D eigenvalue weighted by Crippen LogP contribution is -2.45. The molecule has 0 aromatic heterocycles. The minimum atomic E-state index is -0.356. The Labute approximate surface area is 111 Å². The molecule has 1 rings (SSSR count). The molecule has 1 saturated carbocycles. The highest BCUT2D eigenvalue weighted by molar-refractivity contribution is 5.12. The van der Waals surface area contributed by atoms with Crippen LogP contribution in [0, 0.1) is 22.2 Å². The molecule has 1 aliphatic carbocycles. The van der Waals surface area contributed by atoms with Crippen molar-refractivity contribution in [2.45, 2.75) is 44.6 Å². The van der Waals surface area contributed by atoms with Gasteiger partial charge in [-0.3, -0.25) is 0 Å². The summed E-state index contributed by atoms with van der Waals surface area (Å²) in [4.78, 5) is 0. The zero-order chi connectivity index (χ0) is 13.6. The third kappa shape index (κ3) is 3.11. The van der Waals surface area contributed by atoms with Gasteiger partial charge < -0.3 is 5.73 Å². The van der Waals surface area contributed by atoms with Crippen LogP contribution in [0.3, 0.4) is 0 Å². The average molecular weight is 244 g/mol. The van der Waals surface area contributed by atoms with Crippen molar-refractivity contribution in [2.24, 2.45) is 16.6 Å². The molecule has 0 heterocycles. The van der Waals surface area contributed by atoms with E-state index in [0.29, 0.717) is 6.42 Å². The molecule has 0 radical (unpaired) electrons. The van der Waals surface area contributed by atoms with Crippen LogP contribution in [-0.4, -0.2) is 6.04 Å². The van der Waals surface area contributed by atoms with Gasteiger partial charge in [-0.25, -0.2) is 0 Å². The molecule has 0 spiro atoms. The van der Waals surface area contributed by atoms with E-state index in [2.05, 4.69) is 25.8 Å². The molecule has 18 heavy (non-hydrogen) atoms. The van der Waals surface area contributed by atoms with Gasteiger partial charge in [0.25, 0.3) is 0 Å². The number of hydrogen-bond donors (Lipinski definition) is 1. The second-order valence-electron chi connectivity index (χ2n) is 5.72. The minimum absolute atomic E-state index is 0.0555. The molecule has 0 saturated heterocycles. The van der Waals surface area contributed by atoms with Crippen LogP contribution in [0.2, 0.25) is 0 Å². The van der Waals surface area contributed by atoms with E-state index >= 15 is 0 Å². The summed E-state index contributed by atoms with van der Waals surface area (Å²) in [5.74, 6) is 0. The maximum atomic E-state index is 9.55. The van der Waals surface area contributed by atoms with Crippen molar-refractivity contribution in [3.05, 3.63) is 38.0 Å². The van der Waals surface area contributed by atoms with Crippen LogP contribution in [0.15, 0.2) is 38.0 Å². The van der Waals surface area contributed by atoms with E-state index in [4.69, 9.17) is 5.73 Å². The van der Waals surface area contributed by atoms with Gasteiger partial charge in [-0.1, -0.05) is 18.2 Å². The predicted molar refractivity (Wildman–Crippen MR) is 76.7 cm³/mol. The Kier molecular flexibility index (Phi) is 4.93. The van der Waals surface area contributed by atoms with Crippen LogP contribution >= 0.6 is 0 Å². The van der Waals surface area contributed by atoms with Crippen LogP contribution in [0.4, 0.5) is 0 Å². The normalized spacial score (nSPS) is 30.1. The largest absolute Gasteiger partial charge is 0.328 e. The molecule has 98 valence electrons. The number of rotatable bonds is 6. The second kappa shape index (κ2) is 6.02. The molecule has 0 aromatic carbocycles. The summed E-state index contributed by atoms with van der Waals surface area (Å²) >= 11 is 0. The zero-order valence-electron chi connectivity index (χ0n) is 11.2. The summed E-state index contributed by atoms with van der Waals surface area (Å²) in [5.41, 5.74) is 5.90. The van der Waals surface area contributed by atoms with E-state index in [1.807, 2.05) is 18.2 Å². The summed E-state index contributed by atoms with van der Waals surface area (Å²) < 4.78 is 0. The molecular formula is C16H24N2. The fraction of sp³-hybridized carbons (Fsp3) is 0.562. The first kappa shape index (κ1) is 14.7. The van der Waals surface area contributed by atoms with Crippen molar-refractivity contribution >= 4 is 0 Å². The summed E-state index contributed by atoms with van der Waals surface area (Å²) in [6.45, 7) is 11.5. The van der Waals surface area contributed by atoms with Gasteiger partial charge in [0, 0.05) is 6.04 Å². The first-order valence-electron chi connectivity index (χ1n) is 6.55. The van der Waals surface area contributed by atoms with E-state index in [1.165, 1.54) is 0 Å². The number of nitriles is 1. The fourth-order valence-electron chi connectivity index (χ4n) is 3.56. The quantitative estimate of drug-likeness (QED) is 0.724. The fourth-order valence-corrected chi connectivity index (χ4v) is 3.56. The van der Waals surface area contributed by atoms with Crippen LogP contribution < -0.4 is 5.73 Å². The highest BCUT2D eigenvalue weighted by Gasteiger charge is 2.46. The summed E-state index contributed by atoms with van der Waals surface area (Å²) in [6.07, 6.45) is 10.8. The first-order chi connectivity index (χ1) is 8.55. The maximum Gasteiger partial charge on any atom is 0.0693 e. The minimum Gasteiger partial charge on any atom is -0.328 e. The van der Waals surface area contributed by atoms with Crippen molar-refractivity contribution in [1.82, 2.24) is 0 Å². The number of nitrogens with two attached hydrogens (primary N) is 1. The summed E-state index contributed by atoms with van der Waals surface area (Å²) in [5, 5.41) is 9.55. The summed E-state index contributed by atoms with van der Waals surface area (Å²) in [7, 11) is 0. The standard InChI is InChI=1S/C16H24N2/c1-4-7-15(8-5-2)10-14(18)11-16(12-15,13-17)9-6-3/h4-6,14H,1-3,7-12,18H2. The van der Waals surface area contributed by atoms with Gasteiger partial charge in [0.2, 0.25) is 0 Å². The van der Waals surface area contributed by atoms with Crippen LogP contribution in [0.5, 0.6) is 0 Å². The van der Waals surface area contributed by atoms with Gasteiger partial charge in [0.1, 0.15) is 0 Å². The number of nitrogens with zero attached hydrogens (tertiary/aromatic N) is 1. The smallest absolute Gasteiger partial charge is 0.0693 e. The van der Waals surface area contributed by atoms with Gasteiger partial charge in [0.15, 0.2) is 0 Å². The van der Waals surface area contributed by atoms with Crippen molar-refractivity contribution in [3.8, 4) is 6.07 Å². The predicted octanol–water partition coefficient (Wildman–Crippen LogP) is 3.72. The molecule has 0 bridgehead atoms. The van der Waals surface area contributed by atoms with E-state index in [9.17, 15) is 5.26 Å². The Morgan fingerprint density at radius 1 is 1.11 bits per heavy atom. The van der Waals surface area contributed by atoms with E-state index in [0.717, 1.165) is 32.1 Å². The monoisotopic (exact) mass is 244 g/mol. The van der Waals surface area contributed by atoms with Crippen molar-refractivity contribution < 1.29 is 0 Å². The Morgan fingerprint density at radius 2 is 1.67 bits per heavy atom. The molecule has 2 heteroatoms. The Bertz CT molecular complexity index is 354. The molecule has 2 atom stereocenters. The lowest BCUT2D eigenvalue weighted by Gasteiger charge is -2.46. The topological polar surface area (TPSA) is 49.8 Å². The number of allylic oxidation sites excluding steroid dienone is 3.